The van der Waals surface area contributed by atoms with Gasteiger partial charge in [0.05, 0.1) is 0 Å². The molecule has 1 fully saturated rings. The lowest BCUT2D eigenvalue weighted by Crippen LogP contribution is -2.37. The molecule has 0 spiro atoms. The Morgan fingerprint density at radius 1 is 0.833 bits per heavy atom. The minimum atomic E-state index is -0.355. The Balaban J connectivity index is 1.31. The number of carbonyl (C=O) groups is 2. The molecule has 0 aliphatic carbocycles. The Labute approximate surface area is 173 Å². The Kier molecular flexibility index (Phi) is 5.61. The summed E-state index contributed by atoms with van der Waals surface area (Å²) < 4.78 is 13.1. The van der Waals surface area contributed by atoms with Crippen LogP contribution in [-0.2, 0) is 4.79 Å². The van der Waals surface area contributed by atoms with Gasteiger partial charge >= 0.3 is 6.03 Å². The molecule has 6 nitrogen and oxygen atoms in total. The van der Waals surface area contributed by atoms with Gasteiger partial charge in [-0.1, -0.05) is 18.2 Å². The number of amides is 3. The smallest absolute Gasteiger partial charge is 0.325 e. The fraction of sp³-hybridized carbons (Fsp3) is 0.130. The molecule has 0 saturated carbocycles. The Bertz CT molecular complexity index is 1020. The van der Waals surface area contributed by atoms with E-state index < -0.39 is 0 Å². The molecule has 30 heavy (non-hydrogen) atoms. The fourth-order valence-electron chi connectivity index (χ4n) is 3.29. The quantitative estimate of drug-likeness (QED) is 0.638. The van der Waals surface area contributed by atoms with Crippen LogP contribution in [0.3, 0.4) is 0 Å². The topological polar surface area (TPSA) is 64.7 Å². The first kappa shape index (κ1) is 19.4. The van der Waals surface area contributed by atoms with Crippen LogP contribution in [0.15, 0.2) is 78.9 Å². The first-order valence-corrected chi connectivity index (χ1v) is 9.62. The minimum absolute atomic E-state index is 0.0411. The standard InChI is InChI=1S/C23H21FN4O2/c24-17-6-12-21(13-7-17)28-15-14-27(23(28)30)16-22(29)26-20-10-8-19(9-11-20)25-18-4-2-1-3-5-18/h1-13,25H,14-16H2,(H,26,29). The van der Waals surface area contributed by atoms with Gasteiger partial charge in [0.1, 0.15) is 12.4 Å². The van der Waals surface area contributed by atoms with Gasteiger partial charge in [0.15, 0.2) is 0 Å². The van der Waals surface area contributed by atoms with E-state index in [0.717, 1.165) is 11.4 Å². The lowest BCUT2D eigenvalue weighted by molar-refractivity contribution is -0.116. The second kappa shape index (κ2) is 8.65. The van der Waals surface area contributed by atoms with Crippen LogP contribution in [0.4, 0.5) is 31.9 Å². The number of anilines is 4. The number of rotatable bonds is 6. The summed E-state index contributed by atoms with van der Waals surface area (Å²) in [6.45, 7) is 0.849. The Hall–Kier alpha value is -3.87. The van der Waals surface area contributed by atoms with E-state index in [4.69, 9.17) is 0 Å². The van der Waals surface area contributed by atoms with Crippen LogP contribution in [0.2, 0.25) is 0 Å². The van der Waals surface area contributed by atoms with Crippen LogP contribution in [0.25, 0.3) is 0 Å². The van der Waals surface area contributed by atoms with Crippen molar-refractivity contribution in [2.24, 2.45) is 0 Å². The maximum atomic E-state index is 13.1. The molecule has 1 heterocycles. The highest BCUT2D eigenvalue weighted by molar-refractivity contribution is 5.99. The summed E-state index contributed by atoms with van der Waals surface area (Å²) in [5, 5.41) is 6.09. The van der Waals surface area contributed by atoms with Crippen molar-refractivity contribution in [3.63, 3.8) is 0 Å². The average molecular weight is 404 g/mol. The summed E-state index contributed by atoms with van der Waals surface area (Å²) in [7, 11) is 0. The molecule has 0 unspecified atom stereocenters. The highest BCUT2D eigenvalue weighted by Crippen LogP contribution is 2.21. The van der Waals surface area contributed by atoms with E-state index in [1.807, 2.05) is 42.5 Å². The van der Waals surface area contributed by atoms with Crippen LogP contribution in [0.1, 0.15) is 0 Å². The highest BCUT2D eigenvalue weighted by Gasteiger charge is 2.30. The molecule has 2 N–H and O–H groups in total. The van der Waals surface area contributed by atoms with Gasteiger partial charge in [-0.15, -0.1) is 0 Å². The van der Waals surface area contributed by atoms with E-state index in [1.54, 1.807) is 24.3 Å². The lowest BCUT2D eigenvalue weighted by atomic mass is 10.2. The van der Waals surface area contributed by atoms with Gasteiger partial charge < -0.3 is 15.5 Å². The third-order valence-corrected chi connectivity index (χ3v) is 4.80. The first-order valence-electron chi connectivity index (χ1n) is 9.62. The summed E-state index contributed by atoms with van der Waals surface area (Å²) in [5.41, 5.74) is 3.16. The van der Waals surface area contributed by atoms with E-state index in [9.17, 15) is 14.0 Å². The maximum Gasteiger partial charge on any atom is 0.325 e. The zero-order chi connectivity index (χ0) is 20.9. The van der Waals surface area contributed by atoms with Crippen LogP contribution < -0.4 is 15.5 Å². The van der Waals surface area contributed by atoms with Crippen LogP contribution in [0, 0.1) is 5.82 Å². The Morgan fingerprint density at radius 3 is 2.17 bits per heavy atom. The Morgan fingerprint density at radius 2 is 1.47 bits per heavy atom. The van der Waals surface area contributed by atoms with Gasteiger partial charge in [0.2, 0.25) is 5.91 Å². The number of para-hydroxylation sites is 1. The number of hydrogen-bond donors (Lipinski definition) is 2. The van der Waals surface area contributed by atoms with Crippen molar-refractivity contribution in [1.29, 1.82) is 0 Å². The zero-order valence-electron chi connectivity index (χ0n) is 16.2. The molecule has 1 saturated heterocycles. The van der Waals surface area contributed by atoms with E-state index in [1.165, 1.54) is 21.9 Å². The molecule has 0 bridgehead atoms. The second-order valence-electron chi connectivity index (χ2n) is 6.95. The highest BCUT2D eigenvalue weighted by atomic mass is 19.1. The number of nitrogens with one attached hydrogen (secondary N) is 2. The molecule has 152 valence electrons. The molecular formula is C23H21FN4O2. The van der Waals surface area contributed by atoms with Crippen LogP contribution in [-0.4, -0.2) is 36.5 Å². The van der Waals surface area contributed by atoms with Crippen LogP contribution >= 0.6 is 0 Å². The summed E-state index contributed by atoms with van der Waals surface area (Å²) in [4.78, 5) is 28.0. The number of urea groups is 1. The number of nitrogens with zero attached hydrogens (tertiary/aromatic N) is 2. The van der Waals surface area contributed by atoms with Crippen molar-refractivity contribution >= 4 is 34.7 Å². The van der Waals surface area contributed by atoms with Gasteiger partial charge in [-0.2, -0.15) is 0 Å². The molecule has 0 atom stereocenters. The van der Waals surface area contributed by atoms with Crippen molar-refractivity contribution in [1.82, 2.24) is 4.90 Å². The summed E-state index contributed by atoms with van der Waals surface area (Å²) in [6.07, 6.45) is 0. The van der Waals surface area contributed by atoms with Crippen LogP contribution in [0.5, 0.6) is 0 Å². The average Bonchev–Trinajstić information content (AvgIpc) is 3.11. The predicted molar refractivity (Wildman–Crippen MR) is 116 cm³/mol. The van der Waals surface area contributed by atoms with Gasteiger partial charge in [0.25, 0.3) is 0 Å². The van der Waals surface area contributed by atoms with Crippen molar-refractivity contribution in [2.75, 3.05) is 35.2 Å². The third kappa shape index (κ3) is 4.57. The van der Waals surface area contributed by atoms with Crippen molar-refractivity contribution < 1.29 is 14.0 Å². The monoisotopic (exact) mass is 404 g/mol. The molecule has 4 rings (SSSR count). The van der Waals surface area contributed by atoms with Crippen molar-refractivity contribution in [2.45, 2.75) is 0 Å². The van der Waals surface area contributed by atoms with E-state index in [0.29, 0.717) is 24.5 Å². The molecule has 7 heteroatoms. The number of benzene rings is 3. The molecule has 1 aliphatic rings. The minimum Gasteiger partial charge on any atom is -0.356 e. The molecule has 3 aromatic carbocycles. The second-order valence-corrected chi connectivity index (χ2v) is 6.95. The zero-order valence-corrected chi connectivity index (χ0v) is 16.2. The number of hydrogen-bond acceptors (Lipinski definition) is 3. The summed E-state index contributed by atoms with van der Waals surface area (Å²) in [6, 6.07) is 22.6. The first-order chi connectivity index (χ1) is 14.6. The molecule has 1 aliphatic heterocycles. The van der Waals surface area contributed by atoms with Gasteiger partial charge in [-0.25, -0.2) is 9.18 Å². The molecular weight excluding hydrogens is 383 g/mol. The predicted octanol–water partition coefficient (Wildman–Crippen LogP) is 4.45. The fourth-order valence-corrected chi connectivity index (χ4v) is 3.29. The van der Waals surface area contributed by atoms with Gasteiger partial charge in [-0.05, 0) is 60.7 Å². The molecule has 0 radical (unpaired) electrons. The van der Waals surface area contributed by atoms with Crippen molar-refractivity contribution in [3.05, 3.63) is 84.7 Å². The van der Waals surface area contributed by atoms with E-state index in [-0.39, 0.29) is 24.3 Å². The molecule has 3 aromatic rings. The van der Waals surface area contributed by atoms with Gasteiger partial charge in [0, 0.05) is 35.8 Å². The van der Waals surface area contributed by atoms with Crippen molar-refractivity contribution in [3.8, 4) is 0 Å². The van der Waals surface area contributed by atoms with Gasteiger partial charge in [-0.3, -0.25) is 9.69 Å². The maximum absolute atomic E-state index is 13.1. The third-order valence-electron chi connectivity index (χ3n) is 4.80. The summed E-state index contributed by atoms with van der Waals surface area (Å²) in [5.74, 6) is -0.625. The normalized spacial score (nSPS) is 13.4. The number of halogens is 1. The van der Waals surface area contributed by atoms with E-state index in [2.05, 4.69) is 10.6 Å². The molecule has 0 aromatic heterocycles. The largest absolute Gasteiger partial charge is 0.356 e. The molecule has 3 amide bonds. The lowest BCUT2D eigenvalue weighted by Gasteiger charge is -2.18. The summed E-state index contributed by atoms with van der Waals surface area (Å²) >= 11 is 0. The van der Waals surface area contributed by atoms with E-state index >= 15 is 0 Å². The number of carbonyl (C=O) groups excluding carboxylic acids is 2. The SMILES string of the molecule is O=C(CN1CCN(c2ccc(F)cc2)C1=O)Nc1ccc(Nc2ccccc2)cc1.